The van der Waals surface area contributed by atoms with Crippen LogP contribution in [0.25, 0.3) is 0 Å². The van der Waals surface area contributed by atoms with Gasteiger partial charge >= 0.3 is 6.03 Å². The SMILES string of the molecule is CN(CC(=O)NC(=O)NCc1cccs1)Cc1ccc(Br)s1. The first-order chi connectivity index (χ1) is 10.5. The number of thiophene rings is 2. The van der Waals surface area contributed by atoms with Crippen LogP contribution in [0.5, 0.6) is 0 Å². The number of nitrogens with one attached hydrogen (secondary N) is 2. The third kappa shape index (κ3) is 5.88. The Morgan fingerprint density at radius 3 is 2.73 bits per heavy atom. The van der Waals surface area contributed by atoms with Crippen molar-refractivity contribution >= 4 is 50.5 Å². The molecule has 0 radical (unpaired) electrons. The van der Waals surface area contributed by atoms with Crippen molar-refractivity contribution in [2.75, 3.05) is 13.6 Å². The van der Waals surface area contributed by atoms with Gasteiger partial charge in [-0.15, -0.1) is 22.7 Å². The van der Waals surface area contributed by atoms with Gasteiger partial charge in [-0.25, -0.2) is 4.79 Å². The molecule has 2 heterocycles. The van der Waals surface area contributed by atoms with Crippen LogP contribution in [0, 0.1) is 0 Å². The third-order valence-electron chi connectivity index (χ3n) is 2.72. The molecule has 3 amide bonds. The van der Waals surface area contributed by atoms with E-state index in [1.54, 1.807) is 22.7 Å². The first-order valence-corrected chi connectivity index (χ1v) is 9.04. The van der Waals surface area contributed by atoms with E-state index in [4.69, 9.17) is 0 Å². The van der Waals surface area contributed by atoms with Crippen molar-refractivity contribution in [2.24, 2.45) is 0 Å². The lowest BCUT2D eigenvalue weighted by molar-refractivity contribution is -0.120. The first-order valence-electron chi connectivity index (χ1n) is 6.56. The average molecular weight is 402 g/mol. The number of urea groups is 1. The summed E-state index contributed by atoms with van der Waals surface area (Å²) in [6, 6.07) is 7.37. The molecule has 0 saturated carbocycles. The number of likely N-dealkylation sites (N-methyl/N-ethyl adjacent to an activating group) is 1. The Morgan fingerprint density at radius 2 is 2.09 bits per heavy atom. The Labute approximate surface area is 145 Å². The molecule has 0 fully saturated rings. The highest BCUT2D eigenvalue weighted by atomic mass is 79.9. The first kappa shape index (κ1) is 17.1. The van der Waals surface area contributed by atoms with Crippen LogP contribution < -0.4 is 10.6 Å². The summed E-state index contributed by atoms with van der Waals surface area (Å²) < 4.78 is 1.06. The summed E-state index contributed by atoms with van der Waals surface area (Å²) in [5.74, 6) is -0.318. The highest BCUT2D eigenvalue weighted by molar-refractivity contribution is 9.11. The predicted octanol–water partition coefficient (Wildman–Crippen LogP) is 3.03. The fraction of sp³-hybridized carbons (Fsp3) is 0.286. The standard InChI is InChI=1S/C14H16BrN3O2S2/c1-18(8-11-4-5-12(15)22-11)9-13(19)17-14(20)16-7-10-3-2-6-21-10/h2-6H,7-9H2,1H3,(H2,16,17,19,20). The van der Waals surface area contributed by atoms with Crippen LogP contribution in [0.1, 0.15) is 9.75 Å². The normalized spacial score (nSPS) is 10.7. The van der Waals surface area contributed by atoms with E-state index in [0.29, 0.717) is 13.1 Å². The molecule has 2 aromatic rings. The second kappa shape index (κ2) is 8.42. The van der Waals surface area contributed by atoms with Crippen molar-refractivity contribution in [1.29, 1.82) is 0 Å². The maximum Gasteiger partial charge on any atom is 0.321 e. The molecular formula is C14H16BrN3O2S2. The third-order valence-corrected chi connectivity index (χ3v) is 5.21. The molecule has 5 nitrogen and oxygen atoms in total. The lowest BCUT2D eigenvalue weighted by Crippen LogP contribution is -2.43. The van der Waals surface area contributed by atoms with Gasteiger partial charge in [0.25, 0.3) is 0 Å². The second-order valence-corrected chi connectivity index (χ2v) is 8.27. The van der Waals surface area contributed by atoms with Crippen molar-refractivity contribution in [1.82, 2.24) is 15.5 Å². The highest BCUT2D eigenvalue weighted by Crippen LogP contribution is 2.22. The maximum absolute atomic E-state index is 11.8. The number of hydrogen-bond acceptors (Lipinski definition) is 5. The lowest BCUT2D eigenvalue weighted by Gasteiger charge is -2.14. The Hall–Kier alpha value is -1.22. The zero-order valence-electron chi connectivity index (χ0n) is 12.0. The quantitative estimate of drug-likeness (QED) is 0.781. The molecule has 0 spiro atoms. The summed E-state index contributed by atoms with van der Waals surface area (Å²) in [5.41, 5.74) is 0. The van der Waals surface area contributed by atoms with E-state index < -0.39 is 6.03 Å². The predicted molar refractivity (Wildman–Crippen MR) is 93.1 cm³/mol. The molecule has 22 heavy (non-hydrogen) atoms. The lowest BCUT2D eigenvalue weighted by atomic mass is 10.4. The van der Waals surface area contributed by atoms with Crippen molar-refractivity contribution in [3.63, 3.8) is 0 Å². The Balaban J connectivity index is 1.69. The van der Waals surface area contributed by atoms with E-state index in [0.717, 1.165) is 13.5 Å². The van der Waals surface area contributed by atoms with Crippen LogP contribution in [-0.4, -0.2) is 30.4 Å². The van der Waals surface area contributed by atoms with Crippen molar-refractivity contribution < 1.29 is 9.59 Å². The van der Waals surface area contributed by atoms with Gasteiger partial charge in [-0.05, 0) is 46.6 Å². The molecule has 0 bridgehead atoms. The molecule has 118 valence electrons. The molecule has 0 aliphatic heterocycles. The summed E-state index contributed by atoms with van der Waals surface area (Å²) in [5, 5.41) is 6.93. The monoisotopic (exact) mass is 401 g/mol. The van der Waals surface area contributed by atoms with Gasteiger partial charge in [0.2, 0.25) is 5.91 Å². The van der Waals surface area contributed by atoms with Gasteiger partial charge in [0, 0.05) is 16.3 Å². The topological polar surface area (TPSA) is 61.4 Å². The molecule has 8 heteroatoms. The molecule has 2 N–H and O–H groups in total. The van der Waals surface area contributed by atoms with E-state index in [1.807, 2.05) is 41.6 Å². The molecule has 0 saturated heterocycles. The molecule has 2 aromatic heterocycles. The number of hydrogen-bond donors (Lipinski definition) is 2. The number of rotatable bonds is 6. The smallest absolute Gasteiger partial charge is 0.321 e. The highest BCUT2D eigenvalue weighted by Gasteiger charge is 2.11. The summed E-state index contributed by atoms with van der Waals surface area (Å²) in [6.45, 7) is 1.26. The van der Waals surface area contributed by atoms with Crippen molar-refractivity contribution in [2.45, 2.75) is 13.1 Å². The van der Waals surface area contributed by atoms with Crippen LogP contribution in [-0.2, 0) is 17.9 Å². The molecule has 0 unspecified atom stereocenters. The van der Waals surface area contributed by atoms with Gasteiger partial charge in [-0.1, -0.05) is 6.07 Å². The summed E-state index contributed by atoms with van der Waals surface area (Å²) in [6.07, 6.45) is 0. The zero-order valence-corrected chi connectivity index (χ0v) is 15.2. The van der Waals surface area contributed by atoms with Gasteiger partial charge in [-0.2, -0.15) is 0 Å². The minimum Gasteiger partial charge on any atom is -0.333 e. The number of imide groups is 1. The van der Waals surface area contributed by atoms with Crippen LogP contribution in [0.2, 0.25) is 0 Å². The maximum atomic E-state index is 11.8. The van der Waals surface area contributed by atoms with Gasteiger partial charge in [-0.3, -0.25) is 15.0 Å². The molecule has 0 atom stereocenters. The van der Waals surface area contributed by atoms with Gasteiger partial charge < -0.3 is 5.32 Å². The largest absolute Gasteiger partial charge is 0.333 e. The number of carbonyl (C=O) groups is 2. The van der Waals surface area contributed by atoms with Crippen molar-refractivity contribution in [3.05, 3.63) is 43.2 Å². The van der Waals surface area contributed by atoms with Crippen LogP contribution in [0.3, 0.4) is 0 Å². The average Bonchev–Trinajstić information content (AvgIpc) is 3.07. The van der Waals surface area contributed by atoms with Crippen LogP contribution >= 0.6 is 38.6 Å². The minimum atomic E-state index is -0.467. The van der Waals surface area contributed by atoms with E-state index in [1.165, 1.54) is 0 Å². The number of amides is 3. The fourth-order valence-electron chi connectivity index (χ4n) is 1.79. The zero-order chi connectivity index (χ0) is 15.9. The van der Waals surface area contributed by atoms with E-state index in [2.05, 4.69) is 26.6 Å². The van der Waals surface area contributed by atoms with Gasteiger partial charge in [0.15, 0.2) is 0 Å². The van der Waals surface area contributed by atoms with Gasteiger partial charge in [0.1, 0.15) is 0 Å². The molecule has 2 rings (SSSR count). The number of carbonyl (C=O) groups excluding carboxylic acids is 2. The summed E-state index contributed by atoms with van der Waals surface area (Å²) in [4.78, 5) is 27.5. The van der Waals surface area contributed by atoms with Crippen molar-refractivity contribution in [3.8, 4) is 0 Å². The summed E-state index contributed by atoms with van der Waals surface area (Å²) in [7, 11) is 1.84. The molecule has 0 aliphatic carbocycles. The number of nitrogens with zero attached hydrogens (tertiary/aromatic N) is 1. The molecular weight excluding hydrogens is 386 g/mol. The van der Waals surface area contributed by atoms with Crippen LogP contribution in [0.15, 0.2) is 33.4 Å². The molecule has 0 aromatic carbocycles. The Morgan fingerprint density at radius 1 is 1.27 bits per heavy atom. The van der Waals surface area contributed by atoms with E-state index in [9.17, 15) is 9.59 Å². The van der Waals surface area contributed by atoms with Gasteiger partial charge in [0.05, 0.1) is 16.9 Å². The minimum absolute atomic E-state index is 0.169. The summed E-state index contributed by atoms with van der Waals surface area (Å²) >= 11 is 6.60. The Kier molecular flexibility index (Phi) is 6.56. The number of halogens is 1. The molecule has 0 aliphatic rings. The van der Waals surface area contributed by atoms with E-state index in [-0.39, 0.29) is 12.5 Å². The van der Waals surface area contributed by atoms with E-state index >= 15 is 0 Å². The van der Waals surface area contributed by atoms with Crippen LogP contribution in [0.4, 0.5) is 4.79 Å². The Bertz CT molecular complexity index is 628. The second-order valence-electron chi connectivity index (χ2n) is 4.69. The fourth-order valence-corrected chi connectivity index (χ4v) is 4.00.